The molecule has 0 aliphatic carbocycles. The van der Waals surface area contributed by atoms with E-state index in [4.69, 9.17) is 4.74 Å². The van der Waals surface area contributed by atoms with Crippen LogP contribution in [0.3, 0.4) is 0 Å². The first-order valence-corrected chi connectivity index (χ1v) is 11.9. The summed E-state index contributed by atoms with van der Waals surface area (Å²) in [5.41, 5.74) is -0.578. The van der Waals surface area contributed by atoms with E-state index in [0.717, 1.165) is 0 Å². The van der Waals surface area contributed by atoms with E-state index in [1.54, 1.807) is 20.8 Å². The Morgan fingerprint density at radius 2 is 1.75 bits per heavy atom. The predicted octanol–water partition coefficient (Wildman–Crippen LogP) is 1.11. The molecule has 0 aromatic heterocycles. The largest absolute Gasteiger partial charge is 0.444 e. The first-order chi connectivity index (χ1) is 12.9. The third kappa shape index (κ3) is 6.62. The molecule has 2 aliphatic heterocycles. The zero-order valence-electron chi connectivity index (χ0n) is 17.7. The molecule has 28 heavy (non-hydrogen) atoms. The van der Waals surface area contributed by atoms with Gasteiger partial charge in [-0.1, -0.05) is 13.8 Å². The molecular formula is C19H35N3O5S. The van der Waals surface area contributed by atoms with Crippen molar-refractivity contribution < 1.29 is 22.7 Å². The van der Waals surface area contributed by atoms with Crippen molar-refractivity contribution >= 4 is 21.8 Å². The molecule has 0 radical (unpaired) electrons. The lowest BCUT2D eigenvalue weighted by Crippen LogP contribution is -2.54. The molecule has 0 bridgehead atoms. The van der Waals surface area contributed by atoms with E-state index in [0.29, 0.717) is 32.6 Å². The van der Waals surface area contributed by atoms with Crippen LogP contribution in [0.5, 0.6) is 0 Å². The van der Waals surface area contributed by atoms with Gasteiger partial charge in [0, 0.05) is 38.8 Å². The Morgan fingerprint density at radius 3 is 2.21 bits per heavy atom. The highest BCUT2D eigenvalue weighted by molar-refractivity contribution is 7.91. The smallest absolute Gasteiger partial charge is 0.407 e. The van der Waals surface area contributed by atoms with Crippen molar-refractivity contribution in [2.24, 2.45) is 11.8 Å². The van der Waals surface area contributed by atoms with Crippen LogP contribution in [-0.2, 0) is 19.4 Å². The Bertz CT molecular complexity index is 664. The number of nitrogens with zero attached hydrogens (tertiary/aromatic N) is 2. The molecule has 162 valence electrons. The molecule has 1 N–H and O–H groups in total. The van der Waals surface area contributed by atoms with Crippen LogP contribution in [0.4, 0.5) is 4.79 Å². The third-order valence-electron chi connectivity index (χ3n) is 5.34. The number of nitrogens with one attached hydrogen (secondary N) is 1. The molecule has 0 saturated carbocycles. The summed E-state index contributed by atoms with van der Waals surface area (Å²) < 4.78 is 28.6. The van der Waals surface area contributed by atoms with Crippen LogP contribution in [0.25, 0.3) is 0 Å². The Hall–Kier alpha value is -1.35. The minimum Gasteiger partial charge on any atom is -0.444 e. The number of hydrogen-bond donors (Lipinski definition) is 1. The number of alkyl carbamates (subject to hydrolysis) is 1. The van der Waals surface area contributed by atoms with Gasteiger partial charge in [-0.15, -0.1) is 0 Å². The van der Waals surface area contributed by atoms with Gasteiger partial charge in [-0.2, -0.15) is 0 Å². The first-order valence-electron chi connectivity index (χ1n) is 10.1. The number of sulfone groups is 1. The maximum absolute atomic E-state index is 13.0. The molecule has 0 aromatic carbocycles. The van der Waals surface area contributed by atoms with Crippen LogP contribution < -0.4 is 5.32 Å². The maximum atomic E-state index is 13.0. The van der Waals surface area contributed by atoms with Crippen LogP contribution in [0.2, 0.25) is 0 Å². The van der Waals surface area contributed by atoms with E-state index in [1.807, 2.05) is 18.7 Å². The molecule has 2 fully saturated rings. The molecule has 2 atom stereocenters. The number of carbonyl (C=O) groups excluding carboxylic acids is 2. The molecule has 2 heterocycles. The standard InChI is InChI=1S/C19H35N3O5S/c1-14(2)16(12-20-18(24)27-19(3,4)5)17(23)22-9-7-21(8-10-22)15-6-11-28(25,26)13-15/h14-16H,6-13H2,1-5H3,(H,20,24)/t15-,16-/m1/s1. The summed E-state index contributed by atoms with van der Waals surface area (Å²) in [5, 5.41) is 2.72. The van der Waals surface area contributed by atoms with Crippen molar-refractivity contribution in [1.82, 2.24) is 15.1 Å². The number of rotatable bonds is 5. The third-order valence-corrected chi connectivity index (χ3v) is 7.09. The minimum atomic E-state index is -2.90. The van der Waals surface area contributed by atoms with Crippen LogP contribution in [-0.4, -0.2) is 86.1 Å². The van der Waals surface area contributed by atoms with Gasteiger partial charge in [0.1, 0.15) is 5.60 Å². The summed E-state index contributed by atoms with van der Waals surface area (Å²) in [7, 11) is -2.90. The Balaban J connectivity index is 1.86. The van der Waals surface area contributed by atoms with Gasteiger partial charge in [-0.25, -0.2) is 13.2 Å². The lowest BCUT2D eigenvalue weighted by molar-refractivity contribution is -0.138. The summed E-state index contributed by atoms with van der Waals surface area (Å²) in [6.45, 7) is 12.1. The number of piperazine rings is 1. The second-order valence-electron chi connectivity index (χ2n) is 9.15. The Morgan fingerprint density at radius 1 is 1.14 bits per heavy atom. The molecule has 2 saturated heterocycles. The molecule has 9 heteroatoms. The van der Waals surface area contributed by atoms with E-state index >= 15 is 0 Å². The molecular weight excluding hydrogens is 382 g/mol. The monoisotopic (exact) mass is 417 g/mol. The summed E-state index contributed by atoms with van der Waals surface area (Å²) in [4.78, 5) is 28.9. The fourth-order valence-corrected chi connectivity index (χ4v) is 5.48. The van der Waals surface area contributed by atoms with E-state index < -0.39 is 21.5 Å². The zero-order chi connectivity index (χ0) is 21.1. The van der Waals surface area contributed by atoms with Gasteiger partial charge >= 0.3 is 6.09 Å². The van der Waals surface area contributed by atoms with E-state index in [9.17, 15) is 18.0 Å². The predicted molar refractivity (Wildman–Crippen MR) is 108 cm³/mol. The normalized spacial score (nSPS) is 24.2. The van der Waals surface area contributed by atoms with Gasteiger partial charge in [0.2, 0.25) is 5.91 Å². The molecule has 8 nitrogen and oxygen atoms in total. The van der Waals surface area contributed by atoms with E-state index in [2.05, 4.69) is 10.2 Å². The van der Waals surface area contributed by atoms with Crippen molar-refractivity contribution in [3.05, 3.63) is 0 Å². The van der Waals surface area contributed by atoms with Crippen molar-refractivity contribution in [2.45, 2.75) is 52.7 Å². The number of hydrogen-bond acceptors (Lipinski definition) is 6. The lowest BCUT2D eigenvalue weighted by atomic mass is 9.94. The summed E-state index contributed by atoms with van der Waals surface area (Å²) in [6.07, 6.45) is 0.170. The van der Waals surface area contributed by atoms with Gasteiger partial charge in [0.05, 0.1) is 17.4 Å². The highest BCUT2D eigenvalue weighted by Crippen LogP contribution is 2.21. The van der Waals surface area contributed by atoms with E-state index in [1.165, 1.54) is 0 Å². The van der Waals surface area contributed by atoms with Crippen LogP contribution in [0, 0.1) is 11.8 Å². The van der Waals surface area contributed by atoms with Crippen molar-refractivity contribution in [3.8, 4) is 0 Å². The average Bonchev–Trinajstić information content (AvgIpc) is 2.93. The first kappa shape index (κ1) is 22.9. The van der Waals surface area contributed by atoms with E-state index in [-0.39, 0.29) is 41.8 Å². The average molecular weight is 418 g/mol. The molecule has 0 unspecified atom stereocenters. The number of amides is 2. The van der Waals surface area contributed by atoms with Gasteiger partial charge in [-0.3, -0.25) is 9.69 Å². The summed E-state index contributed by atoms with van der Waals surface area (Å²) in [5.74, 6) is 0.300. The van der Waals surface area contributed by atoms with Gasteiger partial charge < -0.3 is 15.0 Å². The molecule has 0 aromatic rings. The Kier molecular flexibility index (Phi) is 7.36. The van der Waals surface area contributed by atoms with Crippen molar-refractivity contribution in [3.63, 3.8) is 0 Å². The molecule has 2 rings (SSSR count). The summed E-state index contributed by atoms with van der Waals surface area (Å²) in [6, 6.07) is 0.0805. The zero-order valence-corrected chi connectivity index (χ0v) is 18.5. The topological polar surface area (TPSA) is 96.0 Å². The van der Waals surface area contributed by atoms with Crippen molar-refractivity contribution in [2.75, 3.05) is 44.2 Å². The fourth-order valence-electron chi connectivity index (χ4n) is 3.72. The quantitative estimate of drug-likeness (QED) is 0.720. The van der Waals surface area contributed by atoms with Crippen LogP contribution in [0.1, 0.15) is 41.0 Å². The van der Waals surface area contributed by atoms with Gasteiger partial charge in [0.15, 0.2) is 9.84 Å². The Labute approximate surface area is 168 Å². The highest BCUT2D eigenvalue weighted by Gasteiger charge is 2.36. The van der Waals surface area contributed by atoms with Crippen LogP contribution in [0.15, 0.2) is 0 Å². The lowest BCUT2D eigenvalue weighted by Gasteiger charge is -2.39. The van der Waals surface area contributed by atoms with Gasteiger partial charge in [0.25, 0.3) is 0 Å². The maximum Gasteiger partial charge on any atom is 0.407 e. The number of carbonyl (C=O) groups is 2. The molecule has 2 aliphatic rings. The minimum absolute atomic E-state index is 0.0322. The molecule has 0 spiro atoms. The van der Waals surface area contributed by atoms with Crippen molar-refractivity contribution in [1.29, 1.82) is 0 Å². The number of ether oxygens (including phenoxy) is 1. The fraction of sp³-hybridized carbons (Fsp3) is 0.895. The van der Waals surface area contributed by atoms with Crippen LogP contribution >= 0.6 is 0 Å². The summed E-state index contributed by atoms with van der Waals surface area (Å²) >= 11 is 0. The SMILES string of the molecule is CC(C)[C@@H](CNC(=O)OC(C)(C)C)C(=O)N1CCN([C@@H]2CCS(=O)(=O)C2)CC1. The molecule has 2 amide bonds. The second kappa shape index (κ2) is 8.98. The van der Waals surface area contributed by atoms with Gasteiger partial charge in [-0.05, 0) is 33.1 Å². The second-order valence-corrected chi connectivity index (χ2v) is 11.4. The highest BCUT2D eigenvalue weighted by atomic mass is 32.2.